The van der Waals surface area contributed by atoms with Gasteiger partial charge in [0.05, 0.1) is 0 Å². The van der Waals surface area contributed by atoms with Crippen molar-refractivity contribution in [3.05, 3.63) is 60.8 Å². The van der Waals surface area contributed by atoms with Gasteiger partial charge in [-0.1, -0.05) is 54.7 Å². The number of rotatable bonds is 0. The molecule has 0 amide bonds. The predicted molar refractivity (Wildman–Crippen MR) is 62.8 cm³/mol. The molecule has 0 aromatic heterocycles. The normalized spacial score (nSPS) is 18.3. The molecule has 0 fully saturated rings. The molecule has 0 nitrogen and oxygen atoms in total. The highest BCUT2D eigenvalue weighted by molar-refractivity contribution is 5.12. The van der Waals surface area contributed by atoms with E-state index in [1.54, 1.807) is 0 Å². The Morgan fingerprint density at radius 3 is 2.43 bits per heavy atom. The minimum absolute atomic E-state index is 0.938. The van der Waals surface area contributed by atoms with Gasteiger partial charge >= 0.3 is 0 Å². The summed E-state index contributed by atoms with van der Waals surface area (Å²) in [5.41, 5.74) is 0. The maximum Gasteiger partial charge on any atom is -0.00978 e. The van der Waals surface area contributed by atoms with Gasteiger partial charge in [0.2, 0.25) is 0 Å². The first-order valence-corrected chi connectivity index (χ1v) is 5.18. The van der Waals surface area contributed by atoms with E-state index in [1.807, 2.05) is 0 Å². The second kappa shape index (κ2) is 8.31. The molecule has 1 radical (unpaired) electrons. The quantitative estimate of drug-likeness (QED) is 0.497. The Morgan fingerprint density at radius 1 is 0.714 bits per heavy atom. The molecule has 14 heavy (non-hydrogen) atoms. The summed E-state index contributed by atoms with van der Waals surface area (Å²) in [7, 11) is 0. The van der Waals surface area contributed by atoms with Crippen molar-refractivity contribution in [1.82, 2.24) is 0 Å². The summed E-state index contributed by atoms with van der Waals surface area (Å²) in [4.78, 5) is 0. The van der Waals surface area contributed by atoms with Gasteiger partial charge in [0.15, 0.2) is 0 Å². The Hall–Kier alpha value is -1.30. The second-order valence-corrected chi connectivity index (χ2v) is 3.14. The number of hydrogen-bond donors (Lipinski definition) is 0. The lowest BCUT2D eigenvalue weighted by Crippen LogP contribution is -1.67. The standard InChI is InChI=1S/C14H17/c1-2-4-6-8-10-12-14-13-11-9-7-5-3-1/h1-6,9,12,14H,7-8,10,13H2. The topological polar surface area (TPSA) is 0 Å². The molecule has 0 saturated carbocycles. The maximum absolute atomic E-state index is 3.23. The van der Waals surface area contributed by atoms with Crippen LogP contribution in [0.1, 0.15) is 25.7 Å². The van der Waals surface area contributed by atoms with Gasteiger partial charge in [-0.2, -0.15) is 0 Å². The van der Waals surface area contributed by atoms with Crippen LogP contribution < -0.4 is 0 Å². The Labute approximate surface area is 87.0 Å². The van der Waals surface area contributed by atoms with Crippen molar-refractivity contribution >= 4 is 0 Å². The Balaban J connectivity index is 2.45. The van der Waals surface area contributed by atoms with Gasteiger partial charge in [0.1, 0.15) is 0 Å². The second-order valence-electron chi connectivity index (χ2n) is 3.14. The van der Waals surface area contributed by atoms with Gasteiger partial charge in [-0.15, -0.1) is 0 Å². The SMILES string of the molecule is [C]1=CCC=CC=CC=CCCC=CC1. The largest absolute Gasteiger partial charge is 0.0879 e. The Bertz CT molecular complexity index is 262. The highest BCUT2D eigenvalue weighted by Gasteiger charge is 1.77. The third kappa shape index (κ3) is 6.24. The van der Waals surface area contributed by atoms with Gasteiger partial charge in [0.25, 0.3) is 0 Å². The van der Waals surface area contributed by atoms with E-state index in [0.717, 1.165) is 25.7 Å². The molecule has 0 heteroatoms. The molecule has 0 unspecified atom stereocenters. The van der Waals surface area contributed by atoms with Crippen LogP contribution in [0.3, 0.4) is 0 Å². The minimum atomic E-state index is 0.938. The van der Waals surface area contributed by atoms with Crippen molar-refractivity contribution in [3.8, 4) is 0 Å². The average molecular weight is 185 g/mol. The van der Waals surface area contributed by atoms with Crippen molar-refractivity contribution in [2.75, 3.05) is 0 Å². The zero-order valence-electron chi connectivity index (χ0n) is 8.52. The van der Waals surface area contributed by atoms with Crippen molar-refractivity contribution in [1.29, 1.82) is 0 Å². The van der Waals surface area contributed by atoms with Crippen LogP contribution in [0, 0.1) is 6.08 Å². The highest BCUT2D eigenvalue weighted by Crippen LogP contribution is 1.97. The lowest BCUT2D eigenvalue weighted by atomic mass is 10.2. The summed E-state index contributed by atoms with van der Waals surface area (Å²) in [6.07, 6.45) is 26.5. The lowest BCUT2D eigenvalue weighted by molar-refractivity contribution is 1.04. The van der Waals surface area contributed by atoms with E-state index in [4.69, 9.17) is 0 Å². The lowest BCUT2D eigenvalue weighted by Gasteiger charge is -1.87. The first kappa shape index (κ1) is 10.8. The minimum Gasteiger partial charge on any atom is -0.0879 e. The molecule has 0 heterocycles. The van der Waals surface area contributed by atoms with E-state index in [2.05, 4.69) is 60.8 Å². The van der Waals surface area contributed by atoms with E-state index < -0.39 is 0 Å². The Kier molecular flexibility index (Phi) is 6.39. The van der Waals surface area contributed by atoms with Crippen molar-refractivity contribution in [3.63, 3.8) is 0 Å². The van der Waals surface area contributed by atoms with Crippen LogP contribution in [0.4, 0.5) is 0 Å². The molecule has 73 valence electrons. The molecule has 0 aromatic carbocycles. The van der Waals surface area contributed by atoms with E-state index >= 15 is 0 Å². The number of allylic oxidation sites excluding steroid dienone is 10. The fraction of sp³-hybridized carbons (Fsp3) is 0.286. The summed E-state index contributed by atoms with van der Waals surface area (Å²) in [5, 5.41) is 0. The molecule has 1 aliphatic carbocycles. The van der Waals surface area contributed by atoms with E-state index in [9.17, 15) is 0 Å². The van der Waals surface area contributed by atoms with Gasteiger partial charge in [-0.25, -0.2) is 0 Å². The van der Waals surface area contributed by atoms with Crippen LogP contribution in [0.5, 0.6) is 0 Å². The molecule has 0 bridgehead atoms. The van der Waals surface area contributed by atoms with Crippen LogP contribution in [-0.2, 0) is 0 Å². The smallest absolute Gasteiger partial charge is 0.00978 e. The number of hydrogen-bond acceptors (Lipinski definition) is 0. The average Bonchev–Trinajstić information content (AvgIpc) is 2.22. The molecule has 0 aliphatic heterocycles. The zero-order chi connectivity index (χ0) is 9.90. The van der Waals surface area contributed by atoms with Crippen LogP contribution in [-0.4, -0.2) is 0 Å². The van der Waals surface area contributed by atoms with Crippen molar-refractivity contribution in [2.45, 2.75) is 25.7 Å². The molecule has 0 aromatic rings. The summed E-state index contributed by atoms with van der Waals surface area (Å²) in [6.45, 7) is 0. The van der Waals surface area contributed by atoms with Gasteiger partial charge < -0.3 is 0 Å². The summed E-state index contributed by atoms with van der Waals surface area (Å²) >= 11 is 0. The molecular weight excluding hydrogens is 168 g/mol. The zero-order valence-corrected chi connectivity index (χ0v) is 8.52. The summed E-state index contributed by atoms with van der Waals surface area (Å²) < 4.78 is 0. The van der Waals surface area contributed by atoms with Crippen LogP contribution >= 0.6 is 0 Å². The predicted octanol–water partition coefficient (Wildman–Crippen LogP) is 4.14. The van der Waals surface area contributed by atoms with Crippen LogP contribution in [0.15, 0.2) is 54.7 Å². The fourth-order valence-corrected chi connectivity index (χ4v) is 1.16. The Morgan fingerprint density at radius 2 is 1.50 bits per heavy atom. The van der Waals surface area contributed by atoms with E-state index in [0.29, 0.717) is 0 Å². The molecule has 1 rings (SSSR count). The van der Waals surface area contributed by atoms with Crippen molar-refractivity contribution in [2.24, 2.45) is 0 Å². The molecular formula is C14H17. The molecule has 0 N–H and O–H groups in total. The monoisotopic (exact) mass is 185 g/mol. The van der Waals surface area contributed by atoms with Gasteiger partial charge in [-0.3, -0.25) is 0 Å². The summed E-state index contributed by atoms with van der Waals surface area (Å²) in [6, 6.07) is 0. The van der Waals surface area contributed by atoms with Gasteiger partial charge in [0, 0.05) is 0 Å². The maximum atomic E-state index is 3.23. The highest BCUT2D eigenvalue weighted by atomic mass is 13.8. The first-order valence-electron chi connectivity index (χ1n) is 5.18. The summed E-state index contributed by atoms with van der Waals surface area (Å²) in [5.74, 6) is 0. The van der Waals surface area contributed by atoms with E-state index in [-0.39, 0.29) is 0 Å². The molecule has 0 spiro atoms. The third-order valence-electron chi connectivity index (χ3n) is 1.91. The third-order valence-corrected chi connectivity index (χ3v) is 1.91. The first-order chi connectivity index (χ1) is 7.00. The molecule has 0 atom stereocenters. The van der Waals surface area contributed by atoms with Crippen LogP contribution in [0.2, 0.25) is 0 Å². The fourth-order valence-electron chi connectivity index (χ4n) is 1.16. The van der Waals surface area contributed by atoms with Gasteiger partial charge in [-0.05, 0) is 31.8 Å². The van der Waals surface area contributed by atoms with E-state index in [1.165, 1.54) is 0 Å². The molecule has 0 saturated heterocycles. The van der Waals surface area contributed by atoms with Crippen LogP contribution in [0.25, 0.3) is 0 Å². The molecule has 1 aliphatic rings. The van der Waals surface area contributed by atoms with Crippen molar-refractivity contribution < 1.29 is 0 Å².